The Kier molecular flexibility index (Phi) is 12.1. The van der Waals surface area contributed by atoms with Gasteiger partial charge in [-0.05, 0) is 87.1 Å². The summed E-state index contributed by atoms with van der Waals surface area (Å²) in [5.41, 5.74) is 0.181. The van der Waals surface area contributed by atoms with E-state index in [1.165, 1.54) is 0 Å². The number of hydrogen-bond donors (Lipinski definition) is 3. The molecule has 0 spiro atoms. The van der Waals surface area contributed by atoms with Crippen LogP contribution in [0.2, 0.25) is 0 Å². The lowest BCUT2D eigenvalue weighted by atomic mass is 9.85. The van der Waals surface area contributed by atoms with E-state index >= 15 is 0 Å². The van der Waals surface area contributed by atoms with Gasteiger partial charge in [-0.15, -0.1) is 6.58 Å². The molecule has 4 aliphatic rings. The van der Waals surface area contributed by atoms with Crippen LogP contribution < -0.4 is 24.8 Å². The predicted molar refractivity (Wildman–Crippen MR) is 218 cm³/mol. The van der Waals surface area contributed by atoms with Crippen molar-refractivity contribution in [2.45, 2.75) is 114 Å². The van der Waals surface area contributed by atoms with Gasteiger partial charge in [0.1, 0.15) is 17.2 Å². The minimum Gasteiger partial charge on any atom is -0.493 e. The van der Waals surface area contributed by atoms with Crippen molar-refractivity contribution in [3.05, 3.63) is 71.8 Å². The number of carbonyl (C=O) groups excluding carboxylic acids is 4. The van der Waals surface area contributed by atoms with Crippen LogP contribution in [0.15, 0.2) is 55.1 Å². The van der Waals surface area contributed by atoms with Gasteiger partial charge in [0.15, 0.2) is 11.5 Å². The predicted octanol–water partition coefficient (Wildman–Crippen LogP) is 3.64. The number of rotatable bonds is 14. The summed E-state index contributed by atoms with van der Waals surface area (Å²) in [5.74, 6) is -1.57. The zero-order chi connectivity index (χ0) is 42.4. The number of fused-ring (bicyclic) bond motifs is 1. The topological polar surface area (TPSA) is 173 Å². The number of benzene rings is 2. The second kappa shape index (κ2) is 16.3. The third kappa shape index (κ3) is 9.06. The maximum atomic E-state index is 14.9. The number of sulfonamides is 1. The first-order valence-corrected chi connectivity index (χ1v) is 21.6. The molecule has 3 N–H and O–H groups in total. The number of esters is 1. The van der Waals surface area contributed by atoms with Gasteiger partial charge in [-0.25, -0.2) is 8.42 Å². The monoisotopic (exact) mass is 821 g/mol. The van der Waals surface area contributed by atoms with Crippen molar-refractivity contribution in [3.8, 4) is 11.5 Å². The Hall–Kier alpha value is -4.47. The van der Waals surface area contributed by atoms with Gasteiger partial charge < -0.3 is 24.4 Å². The molecule has 3 amide bonds. The number of likely N-dealkylation sites (tertiary alicyclic amines) is 1. The molecule has 2 aromatic rings. The Labute approximate surface area is 342 Å². The van der Waals surface area contributed by atoms with Crippen LogP contribution in [-0.2, 0) is 40.4 Å². The molecule has 2 aliphatic heterocycles. The van der Waals surface area contributed by atoms with Gasteiger partial charge in [-0.2, -0.15) is 0 Å². The molecule has 0 radical (unpaired) electrons. The van der Waals surface area contributed by atoms with Crippen molar-refractivity contribution >= 4 is 33.7 Å². The second-order valence-electron chi connectivity index (χ2n) is 18.1. The van der Waals surface area contributed by atoms with E-state index in [1.807, 2.05) is 51.1 Å². The zero-order valence-corrected chi connectivity index (χ0v) is 35.7. The minimum absolute atomic E-state index is 0.170. The number of nitrogens with zero attached hydrogens (tertiary/aromatic N) is 2. The highest BCUT2D eigenvalue weighted by molar-refractivity contribution is 7.91. The SMILES string of the molecule is C=C[C@@H]1C[C@]1(NC(=O)[C@@H]1C[C@@H](N2CCc3cc(OC)c(OC)cc3C2c2ccccc2)CN1C(=O)[C@@H](NCC(=O)OC(C)(C)C)C(C)(C)C)C(=O)NS(=O)(=O)C1CC1. The Balaban J connectivity index is 1.36. The molecular weight excluding hydrogens is 763 g/mol. The molecule has 316 valence electrons. The maximum absolute atomic E-state index is 14.9. The summed E-state index contributed by atoms with van der Waals surface area (Å²) >= 11 is 0. The van der Waals surface area contributed by atoms with Crippen molar-refractivity contribution < 1.29 is 41.8 Å². The molecule has 6 rings (SSSR count). The normalized spacial score (nSPS) is 25.2. The Bertz CT molecular complexity index is 2020. The van der Waals surface area contributed by atoms with Gasteiger partial charge in [0.2, 0.25) is 21.8 Å². The van der Waals surface area contributed by atoms with Crippen molar-refractivity contribution in [1.29, 1.82) is 0 Å². The highest BCUT2D eigenvalue weighted by Crippen LogP contribution is 2.47. The summed E-state index contributed by atoms with van der Waals surface area (Å²) < 4.78 is 44.8. The summed E-state index contributed by atoms with van der Waals surface area (Å²) in [6.45, 7) is 15.3. The van der Waals surface area contributed by atoms with E-state index in [9.17, 15) is 27.6 Å². The van der Waals surface area contributed by atoms with Crippen LogP contribution in [0.1, 0.15) is 90.0 Å². The first-order chi connectivity index (χ1) is 27.2. The third-order valence-corrected chi connectivity index (χ3v) is 13.4. The number of hydrogen-bond acceptors (Lipinski definition) is 11. The van der Waals surface area contributed by atoms with Crippen LogP contribution in [0.25, 0.3) is 0 Å². The first-order valence-electron chi connectivity index (χ1n) is 20.0. The fraction of sp³-hybridized carbons (Fsp3) is 0.581. The highest BCUT2D eigenvalue weighted by atomic mass is 32.2. The lowest BCUT2D eigenvalue weighted by molar-refractivity contribution is -0.154. The summed E-state index contributed by atoms with van der Waals surface area (Å²) in [5, 5.41) is 5.42. The molecule has 6 atom stereocenters. The van der Waals surface area contributed by atoms with Crippen molar-refractivity contribution in [3.63, 3.8) is 0 Å². The lowest BCUT2D eigenvalue weighted by Gasteiger charge is -2.42. The van der Waals surface area contributed by atoms with E-state index < -0.39 is 67.6 Å². The number of nitrogens with one attached hydrogen (secondary N) is 3. The van der Waals surface area contributed by atoms with E-state index in [1.54, 1.807) is 46.0 Å². The lowest BCUT2D eigenvalue weighted by Crippen LogP contribution is -2.60. The standard InChI is InChI=1S/C43H59N5O9S/c1-10-28-23-43(28,40(52)46-58(53,54)30-16-17-30)45-38(50)32-21-29(25-48(32)39(51)37(41(2,3)4)44-24-35(49)57-42(5,6)7)47-19-18-27-20-33(55-8)34(56-9)22-31(27)36(47)26-14-12-11-13-15-26/h10-15,20,22,28-30,32,36-37,44H,1,16-19,21,23-25H2,2-9H3,(H,45,50)(H,46,52)/t28-,29-,32+,36?,37-,43-/m1/s1. The average Bonchev–Trinajstić information content (AvgIpc) is 4.09. The fourth-order valence-electron chi connectivity index (χ4n) is 8.42. The van der Waals surface area contributed by atoms with Crippen molar-refractivity contribution in [2.75, 3.05) is 33.9 Å². The van der Waals surface area contributed by atoms with Gasteiger partial charge in [-0.1, -0.05) is 57.2 Å². The van der Waals surface area contributed by atoms with E-state index in [0.29, 0.717) is 37.3 Å². The number of ether oxygens (including phenoxy) is 3. The van der Waals surface area contributed by atoms with E-state index in [2.05, 4.69) is 39.0 Å². The average molecular weight is 822 g/mol. The fourth-order valence-corrected chi connectivity index (χ4v) is 9.79. The van der Waals surface area contributed by atoms with Gasteiger partial charge >= 0.3 is 5.97 Å². The maximum Gasteiger partial charge on any atom is 0.320 e. The molecule has 3 fully saturated rings. The third-order valence-electron chi connectivity index (χ3n) is 11.6. The van der Waals surface area contributed by atoms with Gasteiger partial charge in [0.05, 0.1) is 38.1 Å². The van der Waals surface area contributed by atoms with Crippen LogP contribution in [0, 0.1) is 11.3 Å². The summed E-state index contributed by atoms with van der Waals surface area (Å²) in [6, 6.07) is 11.5. The van der Waals surface area contributed by atoms with E-state index in [-0.39, 0.29) is 43.9 Å². The molecule has 1 saturated heterocycles. The molecule has 14 nitrogen and oxygen atoms in total. The minimum atomic E-state index is -3.90. The molecule has 2 aliphatic carbocycles. The summed E-state index contributed by atoms with van der Waals surface area (Å²) in [4.78, 5) is 60.1. The van der Waals surface area contributed by atoms with Crippen LogP contribution in [0.4, 0.5) is 0 Å². The van der Waals surface area contributed by atoms with Crippen LogP contribution in [0.3, 0.4) is 0 Å². The van der Waals surface area contributed by atoms with E-state index in [4.69, 9.17) is 14.2 Å². The molecule has 0 bridgehead atoms. The Morgan fingerprint density at radius 2 is 1.66 bits per heavy atom. The molecule has 58 heavy (non-hydrogen) atoms. The number of amides is 3. The molecule has 15 heteroatoms. The van der Waals surface area contributed by atoms with E-state index in [0.717, 1.165) is 16.7 Å². The molecule has 2 heterocycles. The first kappa shape index (κ1) is 43.1. The second-order valence-corrected chi connectivity index (χ2v) is 20.0. The van der Waals surface area contributed by atoms with Gasteiger partial charge in [-0.3, -0.25) is 34.1 Å². The zero-order valence-electron chi connectivity index (χ0n) is 34.9. The summed E-state index contributed by atoms with van der Waals surface area (Å²) in [6.07, 6.45) is 3.54. The quantitative estimate of drug-likeness (QED) is 0.188. The van der Waals surface area contributed by atoms with Crippen molar-refractivity contribution in [1.82, 2.24) is 25.2 Å². The van der Waals surface area contributed by atoms with Crippen LogP contribution >= 0.6 is 0 Å². The van der Waals surface area contributed by atoms with Crippen molar-refractivity contribution in [2.24, 2.45) is 11.3 Å². The molecular formula is C43H59N5O9S. The molecule has 2 saturated carbocycles. The highest BCUT2D eigenvalue weighted by Gasteiger charge is 2.62. The number of carbonyl (C=O) groups is 4. The molecule has 1 unspecified atom stereocenters. The Morgan fingerprint density at radius 1 is 1.00 bits per heavy atom. The largest absolute Gasteiger partial charge is 0.493 e. The van der Waals surface area contributed by atoms with Gasteiger partial charge in [0.25, 0.3) is 5.91 Å². The molecule has 2 aromatic carbocycles. The Morgan fingerprint density at radius 3 is 2.22 bits per heavy atom. The van der Waals surface area contributed by atoms with Crippen LogP contribution in [-0.4, -0.2) is 110 Å². The summed E-state index contributed by atoms with van der Waals surface area (Å²) in [7, 11) is -0.698. The smallest absolute Gasteiger partial charge is 0.320 e. The molecule has 0 aromatic heterocycles. The van der Waals surface area contributed by atoms with Crippen LogP contribution in [0.5, 0.6) is 11.5 Å². The van der Waals surface area contributed by atoms with Gasteiger partial charge in [0, 0.05) is 25.0 Å². The number of methoxy groups -OCH3 is 2.